The van der Waals surface area contributed by atoms with Gasteiger partial charge in [0.05, 0.1) is 0 Å². The van der Waals surface area contributed by atoms with E-state index < -0.39 is 0 Å². The van der Waals surface area contributed by atoms with E-state index in [2.05, 4.69) is 71.4 Å². The van der Waals surface area contributed by atoms with Gasteiger partial charge in [0.2, 0.25) is 0 Å². The Balaban J connectivity index is 2.14. The Morgan fingerprint density at radius 3 is 2.17 bits per heavy atom. The zero-order chi connectivity index (χ0) is 13.0. The molecule has 2 N–H and O–H groups in total. The average molecular weight is 304 g/mol. The third kappa shape index (κ3) is 3.44. The number of aryl methyl sites for hydroxylation is 1. The van der Waals surface area contributed by atoms with Crippen molar-refractivity contribution in [2.45, 2.75) is 19.3 Å². The van der Waals surface area contributed by atoms with Crippen molar-refractivity contribution in [3.05, 3.63) is 69.7 Å². The zero-order valence-electron chi connectivity index (χ0n) is 10.6. The molecule has 0 aliphatic heterocycles. The maximum atomic E-state index is 5.91. The molecule has 0 aromatic heterocycles. The topological polar surface area (TPSA) is 26.0 Å². The van der Waals surface area contributed by atoms with E-state index in [1.54, 1.807) is 0 Å². The van der Waals surface area contributed by atoms with Crippen molar-refractivity contribution in [2.24, 2.45) is 5.73 Å². The smallest absolute Gasteiger partial charge is 0.0175 e. The third-order valence-corrected chi connectivity index (χ3v) is 3.76. The van der Waals surface area contributed by atoms with Crippen molar-refractivity contribution in [3.8, 4) is 0 Å². The Bertz CT molecular complexity index is 488. The van der Waals surface area contributed by atoms with Crippen molar-refractivity contribution >= 4 is 15.9 Å². The van der Waals surface area contributed by atoms with Gasteiger partial charge in [-0.15, -0.1) is 0 Å². The lowest BCUT2D eigenvalue weighted by Gasteiger charge is -2.15. The summed E-state index contributed by atoms with van der Waals surface area (Å²) in [6.07, 6.45) is 0.998. The molecule has 2 aromatic rings. The van der Waals surface area contributed by atoms with E-state index in [4.69, 9.17) is 5.73 Å². The second-order valence-corrected chi connectivity index (χ2v) is 5.59. The summed E-state index contributed by atoms with van der Waals surface area (Å²) in [6.45, 7) is 2.79. The number of nitrogens with two attached hydrogens (primary N) is 1. The molecule has 0 amide bonds. The first kappa shape index (κ1) is 13.3. The minimum Gasteiger partial charge on any atom is -0.330 e. The van der Waals surface area contributed by atoms with Gasteiger partial charge in [-0.1, -0.05) is 57.9 Å². The van der Waals surface area contributed by atoms with Gasteiger partial charge in [-0.3, -0.25) is 0 Å². The lowest BCUT2D eigenvalue weighted by Crippen LogP contribution is -2.15. The molecule has 18 heavy (non-hydrogen) atoms. The normalized spacial score (nSPS) is 12.4. The monoisotopic (exact) mass is 303 g/mol. The molecule has 1 nitrogen and oxygen atoms in total. The number of rotatable bonds is 4. The lowest BCUT2D eigenvalue weighted by molar-refractivity contribution is 0.694. The van der Waals surface area contributed by atoms with E-state index in [1.807, 2.05) is 0 Å². The fraction of sp³-hybridized carbons (Fsp3) is 0.250. The predicted octanol–water partition coefficient (Wildman–Crippen LogP) is 4.04. The molecule has 0 heterocycles. The van der Waals surface area contributed by atoms with Gasteiger partial charge in [-0.2, -0.15) is 0 Å². The lowest BCUT2D eigenvalue weighted by atomic mass is 9.92. The van der Waals surface area contributed by atoms with Gasteiger partial charge < -0.3 is 5.73 Å². The number of hydrogen-bond donors (Lipinski definition) is 1. The Labute approximate surface area is 117 Å². The first-order valence-corrected chi connectivity index (χ1v) is 6.99. The van der Waals surface area contributed by atoms with Gasteiger partial charge in [0.1, 0.15) is 0 Å². The molecule has 0 saturated carbocycles. The fourth-order valence-corrected chi connectivity index (χ4v) is 2.35. The van der Waals surface area contributed by atoms with E-state index >= 15 is 0 Å². The largest absolute Gasteiger partial charge is 0.330 e. The van der Waals surface area contributed by atoms with E-state index in [9.17, 15) is 0 Å². The number of halogens is 1. The Morgan fingerprint density at radius 2 is 1.61 bits per heavy atom. The highest BCUT2D eigenvalue weighted by Gasteiger charge is 2.10. The van der Waals surface area contributed by atoms with Crippen LogP contribution in [0.1, 0.15) is 22.6 Å². The molecular weight excluding hydrogens is 286 g/mol. The van der Waals surface area contributed by atoms with Crippen LogP contribution in [0.2, 0.25) is 0 Å². The molecule has 0 saturated heterocycles. The van der Waals surface area contributed by atoms with Crippen LogP contribution in [0.15, 0.2) is 53.0 Å². The molecule has 0 spiro atoms. The van der Waals surface area contributed by atoms with Crippen molar-refractivity contribution in [1.82, 2.24) is 0 Å². The van der Waals surface area contributed by atoms with Crippen LogP contribution in [0, 0.1) is 6.92 Å². The van der Waals surface area contributed by atoms with Crippen molar-refractivity contribution in [3.63, 3.8) is 0 Å². The van der Waals surface area contributed by atoms with Crippen LogP contribution in [0.25, 0.3) is 0 Å². The minimum atomic E-state index is 0.390. The highest BCUT2D eigenvalue weighted by Crippen LogP contribution is 2.22. The zero-order valence-corrected chi connectivity index (χ0v) is 12.2. The van der Waals surface area contributed by atoms with Crippen LogP contribution in [-0.4, -0.2) is 6.54 Å². The summed E-state index contributed by atoms with van der Waals surface area (Å²) in [6, 6.07) is 17.1. The first-order valence-electron chi connectivity index (χ1n) is 6.20. The van der Waals surface area contributed by atoms with Crippen LogP contribution in [0.3, 0.4) is 0 Å². The predicted molar refractivity (Wildman–Crippen MR) is 80.8 cm³/mol. The summed E-state index contributed by atoms with van der Waals surface area (Å²) in [7, 11) is 0. The molecular formula is C16H18BrN. The average Bonchev–Trinajstić information content (AvgIpc) is 2.39. The fourth-order valence-electron chi connectivity index (χ4n) is 2.08. The van der Waals surface area contributed by atoms with Crippen molar-refractivity contribution < 1.29 is 0 Å². The molecule has 94 valence electrons. The third-order valence-electron chi connectivity index (χ3n) is 3.23. The van der Waals surface area contributed by atoms with E-state index in [-0.39, 0.29) is 0 Å². The minimum absolute atomic E-state index is 0.390. The molecule has 2 rings (SSSR count). The molecule has 1 unspecified atom stereocenters. The summed E-state index contributed by atoms with van der Waals surface area (Å²) in [4.78, 5) is 0. The number of hydrogen-bond acceptors (Lipinski definition) is 1. The Kier molecular flexibility index (Phi) is 4.56. The maximum absolute atomic E-state index is 5.91. The SMILES string of the molecule is Cc1ccc(CC(CN)c2ccc(Br)cc2)cc1. The summed E-state index contributed by atoms with van der Waals surface area (Å²) in [5.74, 6) is 0.390. The van der Waals surface area contributed by atoms with Crippen LogP contribution in [0.5, 0.6) is 0 Å². The van der Waals surface area contributed by atoms with Gasteiger partial charge in [-0.25, -0.2) is 0 Å². The van der Waals surface area contributed by atoms with E-state index in [0.717, 1.165) is 10.9 Å². The molecule has 0 fully saturated rings. The quantitative estimate of drug-likeness (QED) is 0.906. The summed E-state index contributed by atoms with van der Waals surface area (Å²) in [5.41, 5.74) is 9.86. The van der Waals surface area contributed by atoms with Gasteiger partial charge >= 0.3 is 0 Å². The summed E-state index contributed by atoms with van der Waals surface area (Å²) < 4.78 is 1.11. The van der Waals surface area contributed by atoms with Crippen LogP contribution in [0.4, 0.5) is 0 Å². The van der Waals surface area contributed by atoms with Gasteiger partial charge in [0.25, 0.3) is 0 Å². The van der Waals surface area contributed by atoms with Crippen molar-refractivity contribution in [1.29, 1.82) is 0 Å². The molecule has 0 aliphatic carbocycles. The summed E-state index contributed by atoms with van der Waals surface area (Å²) in [5, 5.41) is 0. The van der Waals surface area contributed by atoms with Gasteiger partial charge in [0.15, 0.2) is 0 Å². The summed E-state index contributed by atoms with van der Waals surface area (Å²) >= 11 is 3.46. The molecule has 0 aliphatic rings. The molecule has 1 atom stereocenters. The molecule has 2 heteroatoms. The van der Waals surface area contributed by atoms with E-state index in [0.29, 0.717) is 12.5 Å². The highest BCUT2D eigenvalue weighted by molar-refractivity contribution is 9.10. The van der Waals surface area contributed by atoms with Gasteiger partial charge in [-0.05, 0) is 43.1 Å². The van der Waals surface area contributed by atoms with Crippen molar-refractivity contribution in [2.75, 3.05) is 6.54 Å². The molecule has 0 radical (unpaired) electrons. The standard InChI is InChI=1S/C16H18BrN/c1-12-2-4-13(5-3-12)10-15(11-18)14-6-8-16(17)9-7-14/h2-9,15H,10-11,18H2,1H3. The number of benzene rings is 2. The Morgan fingerprint density at radius 1 is 1.00 bits per heavy atom. The van der Waals surface area contributed by atoms with Crippen LogP contribution < -0.4 is 5.73 Å². The highest BCUT2D eigenvalue weighted by atomic mass is 79.9. The molecule has 0 bridgehead atoms. The Hall–Kier alpha value is -1.12. The first-order chi connectivity index (χ1) is 8.69. The van der Waals surface area contributed by atoms with Crippen LogP contribution in [-0.2, 0) is 6.42 Å². The molecule has 2 aromatic carbocycles. The van der Waals surface area contributed by atoms with Gasteiger partial charge in [0, 0.05) is 10.4 Å². The van der Waals surface area contributed by atoms with E-state index in [1.165, 1.54) is 16.7 Å². The maximum Gasteiger partial charge on any atom is 0.0175 e. The second-order valence-electron chi connectivity index (χ2n) is 4.67. The second kappa shape index (κ2) is 6.17. The van der Waals surface area contributed by atoms with Crippen LogP contribution >= 0.6 is 15.9 Å².